The van der Waals surface area contributed by atoms with Gasteiger partial charge in [0.25, 0.3) is 0 Å². The Morgan fingerprint density at radius 2 is 1.79 bits per heavy atom. The summed E-state index contributed by atoms with van der Waals surface area (Å²) in [6, 6.07) is 0. The standard InChI is InChI=1S/C13H22O/c1-3-5-6-7-8-9-10-11-13(4-2)12-14/h3-4,12H,1,5-11H2,2H3/b13-4-. The zero-order valence-electron chi connectivity index (χ0n) is 9.30. The molecule has 0 heterocycles. The van der Waals surface area contributed by atoms with Crippen LogP contribution in [0.4, 0.5) is 0 Å². The van der Waals surface area contributed by atoms with Gasteiger partial charge in [0.2, 0.25) is 0 Å². The fraction of sp³-hybridized carbons (Fsp3) is 0.615. The summed E-state index contributed by atoms with van der Waals surface area (Å²) >= 11 is 0. The highest BCUT2D eigenvalue weighted by Gasteiger charge is 1.94. The molecule has 0 aromatic rings. The van der Waals surface area contributed by atoms with E-state index in [4.69, 9.17) is 0 Å². The highest BCUT2D eigenvalue weighted by Crippen LogP contribution is 2.10. The van der Waals surface area contributed by atoms with Crippen LogP contribution in [0.25, 0.3) is 0 Å². The summed E-state index contributed by atoms with van der Waals surface area (Å²) < 4.78 is 0. The predicted octanol–water partition coefficient (Wildman–Crippen LogP) is 4.05. The van der Waals surface area contributed by atoms with E-state index < -0.39 is 0 Å². The van der Waals surface area contributed by atoms with E-state index in [2.05, 4.69) is 6.58 Å². The van der Waals surface area contributed by atoms with Crippen LogP contribution in [0.1, 0.15) is 51.9 Å². The number of carbonyl (C=O) groups is 1. The first-order chi connectivity index (χ1) is 6.85. The third-order valence-corrected chi connectivity index (χ3v) is 2.40. The lowest BCUT2D eigenvalue weighted by Crippen LogP contribution is -1.85. The van der Waals surface area contributed by atoms with E-state index in [1.807, 2.05) is 19.1 Å². The Hall–Kier alpha value is -0.850. The van der Waals surface area contributed by atoms with E-state index in [0.717, 1.165) is 31.1 Å². The molecule has 0 aliphatic rings. The molecular formula is C13H22O. The SMILES string of the molecule is C=CCCCCCCC/C(C=O)=C/C. The quantitative estimate of drug-likeness (QED) is 0.234. The van der Waals surface area contributed by atoms with Crippen molar-refractivity contribution in [3.05, 3.63) is 24.3 Å². The highest BCUT2D eigenvalue weighted by molar-refractivity contribution is 5.72. The van der Waals surface area contributed by atoms with Gasteiger partial charge in [-0.05, 0) is 38.2 Å². The number of hydrogen-bond acceptors (Lipinski definition) is 1. The van der Waals surface area contributed by atoms with Gasteiger partial charge in [-0.2, -0.15) is 0 Å². The first-order valence-electron chi connectivity index (χ1n) is 5.56. The molecule has 0 saturated heterocycles. The molecule has 0 fully saturated rings. The molecule has 0 aromatic heterocycles. The van der Waals surface area contributed by atoms with Crippen LogP contribution in [-0.4, -0.2) is 6.29 Å². The molecular weight excluding hydrogens is 172 g/mol. The molecule has 0 saturated carbocycles. The molecule has 0 unspecified atom stereocenters. The van der Waals surface area contributed by atoms with Crippen molar-refractivity contribution < 1.29 is 4.79 Å². The third-order valence-electron chi connectivity index (χ3n) is 2.40. The number of unbranched alkanes of at least 4 members (excludes halogenated alkanes) is 5. The topological polar surface area (TPSA) is 17.1 Å². The van der Waals surface area contributed by atoms with Gasteiger partial charge in [-0.3, -0.25) is 4.79 Å². The van der Waals surface area contributed by atoms with E-state index in [9.17, 15) is 4.79 Å². The van der Waals surface area contributed by atoms with E-state index in [1.54, 1.807) is 0 Å². The van der Waals surface area contributed by atoms with Gasteiger partial charge in [0.1, 0.15) is 6.29 Å². The molecule has 0 aliphatic heterocycles. The van der Waals surface area contributed by atoms with Crippen molar-refractivity contribution in [3.8, 4) is 0 Å². The van der Waals surface area contributed by atoms with Crippen molar-refractivity contribution in [1.82, 2.24) is 0 Å². The zero-order chi connectivity index (χ0) is 10.6. The molecule has 0 N–H and O–H groups in total. The maximum absolute atomic E-state index is 10.5. The second-order valence-electron chi connectivity index (χ2n) is 3.58. The summed E-state index contributed by atoms with van der Waals surface area (Å²) in [5.41, 5.74) is 0.941. The monoisotopic (exact) mass is 194 g/mol. The van der Waals surface area contributed by atoms with Gasteiger partial charge in [-0.25, -0.2) is 0 Å². The van der Waals surface area contributed by atoms with Crippen LogP contribution < -0.4 is 0 Å². The minimum Gasteiger partial charge on any atom is -0.298 e. The van der Waals surface area contributed by atoms with Crippen molar-refractivity contribution in [3.63, 3.8) is 0 Å². The number of aldehydes is 1. The maximum Gasteiger partial charge on any atom is 0.145 e. The molecule has 0 aromatic carbocycles. The second kappa shape index (κ2) is 10.2. The van der Waals surface area contributed by atoms with Crippen LogP contribution >= 0.6 is 0 Å². The van der Waals surface area contributed by atoms with E-state index in [1.165, 1.54) is 25.7 Å². The molecule has 0 bridgehead atoms. The second-order valence-corrected chi connectivity index (χ2v) is 3.58. The average Bonchev–Trinajstić information content (AvgIpc) is 2.22. The molecule has 0 radical (unpaired) electrons. The molecule has 0 rings (SSSR count). The zero-order valence-corrected chi connectivity index (χ0v) is 9.30. The van der Waals surface area contributed by atoms with Crippen molar-refractivity contribution >= 4 is 6.29 Å². The van der Waals surface area contributed by atoms with Gasteiger partial charge in [0, 0.05) is 0 Å². The van der Waals surface area contributed by atoms with Gasteiger partial charge in [-0.15, -0.1) is 6.58 Å². The molecule has 80 valence electrons. The highest BCUT2D eigenvalue weighted by atomic mass is 16.1. The maximum atomic E-state index is 10.5. The van der Waals surface area contributed by atoms with Gasteiger partial charge >= 0.3 is 0 Å². The van der Waals surface area contributed by atoms with Crippen LogP contribution in [0.2, 0.25) is 0 Å². The smallest absolute Gasteiger partial charge is 0.145 e. The first-order valence-corrected chi connectivity index (χ1v) is 5.56. The number of allylic oxidation sites excluding steroid dienone is 3. The fourth-order valence-corrected chi connectivity index (χ4v) is 1.42. The number of rotatable bonds is 9. The lowest BCUT2D eigenvalue weighted by atomic mass is 10.1. The average molecular weight is 194 g/mol. The molecule has 1 heteroatoms. The lowest BCUT2D eigenvalue weighted by Gasteiger charge is -2.00. The summed E-state index contributed by atoms with van der Waals surface area (Å²) in [4.78, 5) is 10.5. The van der Waals surface area contributed by atoms with Crippen LogP contribution in [0.5, 0.6) is 0 Å². The lowest BCUT2D eigenvalue weighted by molar-refractivity contribution is -0.105. The minimum absolute atomic E-state index is 0.941. The normalized spacial score (nSPS) is 11.4. The van der Waals surface area contributed by atoms with Gasteiger partial charge in [-0.1, -0.05) is 31.4 Å². The molecule has 0 spiro atoms. The van der Waals surface area contributed by atoms with Crippen LogP contribution in [0.3, 0.4) is 0 Å². The van der Waals surface area contributed by atoms with Gasteiger partial charge < -0.3 is 0 Å². The molecule has 0 atom stereocenters. The minimum atomic E-state index is 0.941. The van der Waals surface area contributed by atoms with Crippen LogP contribution in [0, 0.1) is 0 Å². The first kappa shape index (κ1) is 13.2. The Morgan fingerprint density at radius 1 is 1.14 bits per heavy atom. The van der Waals surface area contributed by atoms with E-state index in [0.29, 0.717) is 0 Å². The molecule has 14 heavy (non-hydrogen) atoms. The van der Waals surface area contributed by atoms with Crippen LogP contribution in [-0.2, 0) is 4.79 Å². The summed E-state index contributed by atoms with van der Waals surface area (Å²) in [6.07, 6.45) is 13.1. The summed E-state index contributed by atoms with van der Waals surface area (Å²) in [6.45, 7) is 5.62. The Balaban J connectivity index is 3.20. The van der Waals surface area contributed by atoms with E-state index in [-0.39, 0.29) is 0 Å². The van der Waals surface area contributed by atoms with Gasteiger partial charge in [0.15, 0.2) is 0 Å². The summed E-state index contributed by atoms with van der Waals surface area (Å²) in [5, 5.41) is 0. The summed E-state index contributed by atoms with van der Waals surface area (Å²) in [7, 11) is 0. The molecule has 0 aliphatic carbocycles. The van der Waals surface area contributed by atoms with E-state index >= 15 is 0 Å². The Labute approximate surface area is 87.9 Å². The van der Waals surface area contributed by atoms with Crippen LogP contribution in [0.15, 0.2) is 24.3 Å². The third kappa shape index (κ3) is 7.78. The Morgan fingerprint density at radius 3 is 2.36 bits per heavy atom. The fourth-order valence-electron chi connectivity index (χ4n) is 1.42. The Bertz CT molecular complexity index is 180. The molecule has 1 nitrogen and oxygen atoms in total. The predicted molar refractivity (Wildman–Crippen MR) is 62.3 cm³/mol. The molecule has 0 amide bonds. The van der Waals surface area contributed by atoms with Crippen molar-refractivity contribution in [2.45, 2.75) is 51.9 Å². The van der Waals surface area contributed by atoms with Crippen molar-refractivity contribution in [1.29, 1.82) is 0 Å². The number of carbonyl (C=O) groups excluding carboxylic acids is 1. The number of hydrogen-bond donors (Lipinski definition) is 0. The Kier molecular flexibility index (Phi) is 9.61. The van der Waals surface area contributed by atoms with Gasteiger partial charge in [0.05, 0.1) is 0 Å². The largest absolute Gasteiger partial charge is 0.298 e. The van der Waals surface area contributed by atoms with Crippen molar-refractivity contribution in [2.75, 3.05) is 0 Å². The van der Waals surface area contributed by atoms with Crippen molar-refractivity contribution in [2.24, 2.45) is 0 Å². The summed E-state index contributed by atoms with van der Waals surface area (Å²) in [5.74, 6) is 0.